The summed E-state index contributed by atoms with van der Waals surface area (Å²) in [5, 5.41) is 8.28. The lowest BCUT2D eigenvalue weighted by molar-refractivity contribution is -0.137. The van der Waals surface area contributed by atoms with Crippen molar-refractivity contribution < 1.29 is 18.0 Å². The Bertz CT molecular complexity index is 945. The number of carbonyl (C=O) groups excluding carboxylic acids is 1. The van der Waals surface area contributed by atoms with Crippen LogP contribution in [-0.2, 0) is 6.18 Å². The van der Waals surface area contributed by atoms with Crippen LogP contribution in [0.1, 0.15) is 22.0 Å². The molecule has 0 atom stereocenters. The molecule has 1 aromatic heterocycles. The highest BCUT2D eigenvalue weighted by Crippen LogP contribution is 2.30. The molecule has 0 radical (unpaired) electrons. The number of likely N-dealkylation sites (tertiary alicyclic amines) is 1. The van der Waals surface area contributed by atoms with E-state index in [9.17, 15) is 18.0 Å². The fourth-order valence-corrected chi connectivity index (χ4v) is 2.97. The van der Waals surface area contributed by atoms with Crippen molar-refractivity contribution in [3.05, 3.63) is 71.9 Å². The van der Waals surface area contributed by atoms with Gasteiger partial charge in [-0.3, -0.25) is 4.79 Å². The third-order valence-corrected chi connectivity index (χ3v) is 4.56. The van der Waals surface area contributed by atoms with Crippen LogP contribution < -0.4 is 0 Å². The minimum Gasteiger partial charge on any atom is -0.334 e. The summed E-state index contributed by atoms with van der Waals surface area (Å²) >= 11 is 0. The minimum absolute atomic E-state index is 0.00774. The standard InChI is InChI=1S/C19H15F3N4O/c20-19(21,22)15-8-6-14(7-9-15)18(27)25-10-16(11-25)26-12-17(23-24-26)13-4-2-1-3-5-13/h1-9,12,16H,10-11H2. The summed E-state index contributed by atoms with van der Waals surface area (Å²) in [5.41, 5.74) is 1.19. The third-order valence-electron chi connectivity index (χ3n) is 4.56. The maximum absolute atomic E-state index is 12.6. The molecule has 0 N–H and O–H groups in total. The van der Waals surface area contributed by atoms with E-state index in [2.05, 4.69) is 10.3 Å². The van der Waals surface area contributed by atoms with Crippen molar-refractivity contribution in [2.45, 2.75) is 12.2 Å². The van der Waals surface area contributed by atoms with E-state index >= 15 is 0 Å². The molecule has 0 spiro atoms. The van der Waals surface area contributed by atoms with Crippen LogP contribution in [0.3, 0.4) is 0 Å². The van der Waals surface area contributed by atoms with Crippen molar-refractivity contribution in [2.75, 3.05) is 13.1 Å². The highest BCUT2D eigenvalue weighted by molar-refractivity contribution is 5.94. The van der Waals surface area contributed by atoms with Crippen LogP contribution in [0.4, 0.5) is 13.2 Å². The summed E-state index contributed by atoms with van der Waals surface area (Å²) in [7, 11) is 0. The van der Waals surface area contributed by atoms with Gasteiger partial charge in [0.2, 0.25) is 0 Å². The lowest BCUT2D eigenvalue weighted by Crippen LogP contribution is -2.50. The van der Waals surface area contributed by atoms with Gasteiger partial charge in [0.1, 0.15) is 5.69 Å². The van der Waals surface area contributed by atoms with E-state index in [1.165, 1.54) is 12.1 Å². The van der Waals surface area contributed by atoms with Crippen LogP contribution >= 0.6 is 0 Å². The van der Waals surface area contributed by atoms with Crippen molar-refractivity contribution >= 4 is 5.91 Å². The number of rotatable bonds is 3. The highest BCUT2D eigenvalue weighted by atomic mass is 19.4. The Morgan fingerprint density at radius 2 is 1.67 bits per heavy atom. The first kappa shape index (κ1) is 17.3. The topological polar surface area (TPSA) is 51.0 Å². The summed E-state index contributed by atoms with van der Waals surface area (Å²) < 4.78 is 39.5. The molecule has 2 aromatic carbocycles. The van der Waals surface area contributed by atoms with Crippen LogP contribution in [0.15, 0.2) is 60.8 Å². The number of hydrogen-bond donors (Lipinski definition) is 0. The summed E-state index contributed by atoms with van der Waals surface area (Å²) in [4.78, 5) is 14.0. The van der Waals surface area contributed by atoms with Crippen LogP contribution in [0.2, 0.25) is 0 Å². The van der Waals surface area contributed by atoms with Gasteiger partial charge in [0, 0.05) is 24.2 Å². The van der Waals surface area contributed by atoms with Gasteiger partial charge in [-0.2, -0.15) is 13.2 Å². The quantitative estimate of drug-likeness (QED) is 0.705. The van der Waals surface area contributed by atoms with Gasteiger partial charge in [0.15, 0.2) is 0 Å². The molecule has 1 fully saturated rings. The number of hydrogen-bond acceptors (Lipinski definition) is 3. The molecule has 0 bridgehead atoms. The van der Waals surface area contributed by atoms with Gasteiger partial charge in [-0.05, 0) is 24.3 Å². The monoisotopic (exact) mass is 372 g/mol. The smallest absolute Gasteiger partial charge is 0.334 e. The lowest BCUT2D eigenvalue weighted by atomic mass is 10.1. The molecule has 2 heterocycles. The predicted molar refractivity (Wildman–Crippen MR) is 91.8 cm³/mol. The van der Waals surface area contributed by atoms with Gasteiger partial charge in [0.25, 0.3) is 5.91 Å². The molecule has 1 amide bonds. The second-order valence-electron chi connectivity index (χ2n) is 6.39. The number of amides is 1. The maximum atomic E-state index is 12.6. The molecule has 4 rings (SSSR count). The molecule has 1 aliphatic rings. The van der Waals surface area contributed by atoms with Gasteiger partial charge in [0.05, 0.1) is 17.8 Å². The summed E-state index contributed by atoms with van der Waals surface area (Å²) in [6, 6.07) is 13.9. The Balaban J connectivity index is 1.39. The average Bonchev–Trinajstić information content (AvgIpc) is 3.10. The summed E-state index contributed by atoms with van der Waals surface area (Å²) in [6.07, 6.45) is -2.58. The predicted octanol–water partition coefficient (Wildman–Crippen LogP) is 3.66. The minimum atomic E-state index is -4.41. The van der Waals surface area contributed by atoms with Gasteiger partial charge in [-0.15, -0.1) is 5.10 Å². The van der Waals surface area contributed by atoms with Crippen molar-refractivity contribution in [3.63, 3.8) is 0 Å². The largest absolute Gasteiger partial charge is 0.416 e. The molecule has 5 nitrogen and oxygen atoms in total. The fourth-order valence-electron chi connectivity index (χ4n) is 2.97. The zero-order valence-electron chi connectivity index (χ0n) is 14.1. The van der Waals surface area contributed by atoms with E-state index < -0.39 is 11.7 Å². The Labute approximate surface area is 153 Å². The van der Waals surface area contributed by atoms with Gasteiger partial charge >= 0.3 is 6.18 Å². The number of halogens is 3. The number of aromatic nitrogens is 3. The van der Waals surface area contributed by atoms with Crippen molar-refractivity contribution in [1.82, 2.24) is 19.9 Å². The zero-order chi connectivity index (χ0) is 19.0. The van der Waals surface area contributed by atoms with Gasteiger partial charge < -0.3 is 4.90 Å². The lowest BCUT2D eigenvalue weighted by Gasteiger charge is -2.38. The molecule has 8 heteroatoms. The van der Waals surface area contributed by atoms with E-state index in [-0.39, 0.29) is 17.5 Å². The molecule has 138 valence electrons. The third kappa shape index (κ3) is 3.42. The molecular weight excluding hydrogens is 357 g/mol. The fraction of sp³-hybridized carbons (Fsp3) is 0.211. The van der Waals surface area contributed by atoms with Crippen LogP contribution in [0.5, 0.6) is 0 Å². The summed E-state index contributed by atoms with van der Waals surface area (Å²) in [6.45, 7) is 0.884. The van der Waals surface area contributed by atoms with E-state index in [4.69, 9.17) is 0 Å². The first-order valence-electron chi connectivity index (χ1n) is 8.35. The van der Waals surface area contributed by atoms with Crippen molar-refractivity contribution in [2.24, 2.45) is 0 Å². The Morgan fingerprint density at radius 3 is 2.30 bits per heavy atom. The molecule has 27 heavy (non-hydrogen) atoms. The number of carbonyl (C=O) groups is 1. The molecular formula is C19H15F3N4O. The molecule has 1 saturated heterocycles. The van der Waals surface area contributed by atoms with E-state index in [1.54, 1.807) is 9.58 Å². The van der Waals surface area contributed by atoms with Crippen LogP contribution in [0.25, 0.3) is 11.3 Å². The summed E-state index contributed by atoms with van der Waals surface area (Å²) in [5.74, 6) is -0.289. The molecule has 0 unspecified atom stereocenters. The van der Waals surface area contributed by atoms with E-state index in [1.807, 2.05) is 36.5 Å². The number of alkyl halides is 3. The van der Waals surface area contributed by atoms with Gasteiger partial charge in [-0.25, -0.2) is 4.68 Å². The number of benzene rings is 2. The SMILES string of the molecule is O=C(c1ccc(C(F)(F)F)cc1)N1CC(n2cc(-c3ccccc3)nn2)C1. The first-order valence-corrected chi connectivity index (χ1v) is 8.35. The van der Waals surface area contributed by atoms with Crippen LogP contribution in [-0.4, -0.2) is 38.9 Å². The zero-order valence-corrected chi connectivity index (χ0v) is 14.1. The van der Waals surface area contributed by atoms with Crippen molar-refractivity contribution in [3.8, 4) is 11.3 Å². The normalized spacial score (nSPS) is 14.9. The average molecular weight is 372 g/mol. The van der Waals surface area contributed by atoms with E-state index in [0.717, 1.165) is 23.4 Å². The second kappa shape index (κ2) is 6.53. The molecule has 1 aliphatic heterocycles. The Hall–Kier alpha value is -3.16. The molecule has 3 aromatic rings. The Morgan fingerprint density at radius 1 is 1.00 bits per heavy atom. The Kier molecular flexibility index (Phi) is 4.18. The number of nitrogens with zero attached hydrogens (tertiary/aromatic N) is 4. The van der Waals surface area contributed by atoms with E-state index in [0.29, 0.717) is 13.1 Å². The highest BCUT2D eigenvalue weighted by Gasteiger charge is 2.34. The molecule has 0 saturated carbocycles. The first-order chi connectivity index (χ1) is 12.9. The van der Waals surface area contributed by atoms with Gasteiger partial charge in [-0.1, -0.05) is 35.5 Å². The second-order valence-corrected chi connectivity index (χ2v) is 6.39. The van der Waals surface area contributed by atoms with Crippen LogP contribution in [0, 0.1) is 0 Å². The van der Waals surface area contributed by atoms with Crippen molar-refractivity contribution in [1.29, 1.82) is 0 Å². The maximum Gasteiger partial charge on any atom is 0.416 e. The molecule has 0 aliphatic carbocycles.